The van der Waals surface area contributed by atoms with E-state index in [1.165, 1.54) is 0 Å². The quantitative estimate of drug-likeness (QED) is 0.582. The SMILES string of the molecule is CC(CCO)C[P+](=O)O. The van der Waals surface area contributed by atoms with Gasteiger partial charge < -0.3 is 5.11 Å². The fourth-order valence-electron chi connectivity index (χ4n) is 0.578. The predicted molar refractivity (Wildman–Crippen MR) is 35.6 cm³/mol. The van der Waals surface area contributed by atoms with Crippen LogP contribution in [-0.4, -0.2) is 22.8 Å². The molecule has 0 saturated heterocycles. The minimum absolute atomic E-state index is 0.102. The minimum atomic E-state index is -2.01. The Morgan fingerprint density at radius 1 is 1.67 bits per heavy atom. The van der Waals surface area contributed by atoms with Gasteiger partial charge in [-0.15, -0.1) is 0 Å². The van der Waals surface area contributed by atoms with E-state index >= 15 is 0 Å². The molecule has 3 nitrogen and oxygen atoms in total. The Hall–Kier alpha value is 0.0200. The monoisotopic (exact) mass is 151 g/mol. The average Bonchev–Trinajstić information content (AvgIpc) is 1.63. The van der Waals surface area contributed by atoms with Crippen LogP contribution in [0.1, 0.15) is 13.3 Å². The van der Waals surface area contributed by atoms with E-state index in [1.807, 2.05) is 6.92 Å². The molecule has 0 heterocycles. The van der Waals surface area contributed by atoms with Crippen molar-refractivity contribution >= 4 is 8.03 Å². The fraction of sp³-hybridized carbons (Fsp3) is 1.00. The first-order valence-corrected chi connectivity index (χ1v) is 4.31. The van der Waals surface area contributed by atoms with Crippen molar-refractivity contribution in [2.24, 2.45) is 5.92 Å². The summed E-state index contributed by atoms with van der Waals surface area (Å²) in [5.41, 5.74) is 0. The van der Waals surface area contributed by atoms with Crippen LogP contribution in [0.5, 0.6) is 0 Å². The fourth-order valence-corrected chi connectivity index (χ4v) is 1.29. The maximum absolute atomic E-state index is 10.2. The van der Waals surface area contributed by atoms with Gasteiger partial charge in [-0.05, 0) is 11.0 Å². The number of aliphatic hydroxyl groups excluding tert-OH is 1. The van der Waals surface area contributed by atoms with Crippen LogP contribution in [0.2, 0.25) is 0 Å². The number of hydrogen-bond donors (Lipinski definition) is 2. The van der Waals surface area contributed by atoms with Gasteiger partial charge in [0.2, 0.25) is 0 Å². The predicted octanol–water partition coefficient (Wildman–Crippen LogP) is 0.740. The van der Waals surface area contributed by atoms with E-state index in [2.05, 4.69) is 0 Å². The molecule has 0 spiro atoms. The summed E-state index contributed by atoms with van der Waals surface area (Å²) >= 11 is 0. The van der Waals surface area contributed by atoms with E-state index in [0.717, 1.165) is 0 Å². The van der Waals surface area contributed by atoms with Crippen molar-refractivity contribution in [3.63, 3.8) is 0 Å². The van der Waals surface area contributed by atoms with Crippen LogP contribution in [0.4, 0.5) is 0 Å². The van der Waals surface area contributed by atoms with Crippen molar-refractivity contribution < 1.29 is 14.6 Å². The summed E-state index contributed by atoms with van der Waals surface area (Å²) in [4.78, 5) is 8.38. The van der Waals surface area contributed by atoms with Crippen LogP contribution in [-0.2, 0) is 4.57 Å². The molecule has 0 aromatic carbocycles. The zero-order chi connectivity index (χ0) is 7.28. The van der Waals surface area contributed by atoms with E-state index in [0.29, 0.717) is 12.6 Å². The summed E-state index contributed by atoms with van der Waals surface area (Å²) in [6.07, 6.45) is 0.914. The van der Waals surface area contributed by atoms with Gasteiger partial charge in [-0.3, -0.25) is 0 Å². The van der Waals surface area contributed by atoms with Crippen LogP contribution in [0.3, 0.4) is 0 Å². The Morgan fingerprint density at radius 2 is 2.22 bits per heavy atom. The molecule has 0 aromatic heterocycles. The lowest BCUT2D eigenvalue weighted by Gasteiger charge is -1.97. The van der Waals surface area contributed by atoms with Crippen LogP contribution in [0.25, 0.3) is 0 Å². The Balaban J connectivity index is 3.26. The summed E-state index contributed by atoms with van der Waals surface area (Å²) in [6, 6.07) is 0. The third-order valence-corrected chi connectivity index (χ3v) is 2.03. The van der Waals surface area contributed by atoms with E-state index in [1.54, 1.807) is 0 Å². The third-order valence-electron chi connectivity index (χ3n) is 1.09. The summed E-state index contributed by atoms with van der Waals surface area (Å²) in [5.74, 6) is 0.156. The van der Waals surface area contributed by atoms with Crippen LogP contribution in [0.15, 0.2) is 0 Å². The Morgan fingerprint density at radius 3 is 2.56 bits per heavy atom. The van der Waals surface area contributed by atoms with Crippen molar-refractivity contribution in [1.29, 1.82) is 0 Å². The first-order valence-electron chi connectivity index (χ1n) is 2.91. The van der Waals surface area contributed by atoms with Gasteiger partial charge in [-0.2, -0.15) is 4.89 Å². The molecular formula is C5H12O3P+. The van der Waals surface area contributed by atoms with Crippen LogP contribution in [0, 0.1) is 5.92 Å². The molecule has 2 atom stereocenters. The second-order valence-corrected chi connectivity index (χ2v) is 3.22. The van der Waals surface area contributed by atoms with Crippen molar-refractivity contribution in [3.8, 4) is 0 Å². The number of hydrogen-bond acceptors (Lipinski definition) is 2. The molecule has 0 rings (SSSR count). The van der Waals surface area contributed by atoms with Gasteiger partial charge in [0.15, 0.2) is 6.16 Å². The molecule has 54 valence electrons. The van der Waals surface area contributed by atoms with E-state index in [-0.39, 0.29) is 12.5 Å². The smallest absolute Gasteiger partial charge is 0.396 e. The molecule has 0 aromatic rings. The highest BCUT2D eigenvalue weighted by Crippen LogP contribution is 2.19. The Bertz CT molecular complexity index is 94.2. The molecule has 0 amide bonds. The Kier molecular flexibility index (Phi) is 4.87. The highest BCUT2D eigenvalue weighted by Gasteiger charge is 2.15. The molecule has 0 aliphatic rings. The average molecular weight is 151 g/mol. The van der Waals surface area contributed by atoms with Crippen molar-refractivity contribution in [2.45, 2.75) is 13.3 Å². The lowest BCUT2D eigenvalue weighted by molar-refractivity contribution is 0.267. The maximum Gasteiger partial charge on any atom is 0.505 e. The van der Waals surface area contributed by atoms with Gasteiger partial charge in [0.1, 0.15) is 0 Å². The summed E-state index contributed by atoms with van der Waals surface area (Å²) in [7, 11) is -2.01. The van der Waals surface area contributed by atoms with Gasteiger partial charge in [-0.25, -0.2) is 0 Å². The van der Waals surface area contributed by atoms with Gasteiger partial charge in [-0.1, -0.05) is 6.92 Å². The number of rotatable bonds is 4. The summed E-state index contributed by atoms with van der Waals surface area (Å²) in [6.45, 7) is 1.95. The molecule has 0 aliphatic heterocycles. The second-order valence-electron chi connectivity index (χ2n) is 2.15. The van der Waals surface area contributed by atoms with Crippen molar-refractivity contribution in [1.82, 2.24) is 0 Å². The summed E-state index contributed by atoms with van der Waals surface area (Å²) in [5, 5.41) is 8.37. The Labute approximate surface area is 55.6 Å². The minimum Gasteiger partial charge on any atom is -0.396 e. The zero-order valence-corrected chi connectivity index (χ0v) is 6.34. The molecule has 0 aliphatic carbocycles. The topological polar surface area (TPSA) is 57.5 Å². The highest BCUT2D eigenvalue weighted by atomic mass is 31.1. The molecule has 9 heavy (non-hydrogen) atoms. The highest BCUT2D eigenvalue weighted by molar-refractivity contribution is 7.37. The van der Waals surface area contributed by atoms with Crippen LogP contribution >= 0.6 is 8.03 Å². The molecule has 0 fully saturated rings. The van der Waals surface area contributed by atoms with E-state index in [4.69, 9.17) is 10.00 Å². The lowest BCUT2D eigenvalue weighted by Crippen LogP contribution is -2.00. The normalized spacial score (nSPS) is 15.2. The van der Waals surface area contributed by atoms with Crippen LogP contribution < -0.4 is 0 Å². The molecule has 0 saturated carbocycles. The van der Waals surface area contributed by atoms with E-state index in [9.17, 15) is 4.57 Å². The van der Waals surface area contributed by atoms with E-state index < -0.39 is 8.03 Å². The van der Waals surface area contributed by atoms with Gasteiger partial charge in [0, 0.05) is 12.5 Å². The molecule has 4 heteroatoms. The lowest BCUT2D eigenvalue weighted by atomic mass is 10.1. The first-order chi connectivity index (χ1) is 4.16. The maximum atomic E-state index is 10.2. The molecule has 2 N–H and O–H groups in total. The second kappa shape index (κ2) is 4.86. The zero-order valence-electron chi connectivity index (χ0n) is 5.45. The molecular weight excluding hydrogens is 139 g/mol. The molecule has 0 radical (unpaired) electrons. The standard InChI is InChI=1S/C5H11O3P/c1-5(2-3-6)4-9(7)8/h5-6H,2-4H2,1H3/p+1. The van der Waals surface area contributed by atoms with Crippen molar-refractivity contribution in [3.05, 3.63) is 0 Å². The largest absolute Gasteiger partial charge is 0.505 e. The van der Waals surface area contributed by atoms with Gasteiger partial charge >= 0.3 is 8.03 Å². The summed E-state index contributed by atoms with van der Waals surface area (Å²) < 4.78 is 10.2. The third kappa shape index (κ3) is 5.90. The molecule has 0 bridgehead atoms. The van der Waals surface area contributed by atoms with Crippen molar-refractivity contribution in [2.75, 3.05) is 12.8 Å². The molecule has 2 unspecified atom stereocenters. The number of aliphatic hydroxyl groups is 1. The van der Waals surface area contributed by atoms with Gasteiger partial charge in [0.05, 0.1) is 0 Å². The first kappa shape index (κ1) is 9.02. The van der Waals surface area contributed by atoms with Gasteiger partial charge in [0.25, 0.3) is 0 Å².